The SMILES string of the molecule is CC(C)CN(CC1CCCN1)C1=NCCN1. The zero-order chi connectivity index (χ0) is 11.4. The Balaban J connectivity index is 1.90. The van der Waals surface area contributed by atoms with Crippen LogP contribution < -0.4 is 10.6 Å². The molecule has 2 rings (SSSR count). The monoisotopic (exact) mass is 224 g/mol. The van der Waals surface area contributed by atoms with Gasteiger partial charge in [-0.25, -0.2) is 0 Å². The lowest BCUT2D eigenvalue weighted by atomic mass is 10.1. The molecule has 0 amide bonds. The van der Waals surface area contributed by atoms with Gasteiger partial charge in [-0.15, -0.1) is 0 Å². The second-order valence-electron chi connectivity index (χ2n) is 5.22. The highest BCUT2D eigenvalue weighted by molar-refractivity contribution is 5.81. The van der Waals surface area contributed by atoms with E-state index < -0.39 is 0 Å². The molecular formula is C12H24N4. The minimum Gasteiger partial charge on any atom is -0.354 e. The van der Waals surface area contributed by atoms with Gasteiger partial charge in [0.05, 0.1) is 6.54 Å². The first-order chi connectivity index (χ1) is 7.75. The van der Waals surface area contributed by atoms with Crippen LogP contribution in [0.1, 0.15) is 26.7 Å². The highest BCUT2D eigenvalue weighted by Gasteiger charge is 2.22. The number of guanidine groups is 1. The zero-order valence-corrected chi connectivity index (χ0v) is 10.5. The summed E-state index contributed by atoms with van der Waals surface area (Å²) in [7, 11) is 0. The average Bonchev–Trinajstić information content (AvgIpc) is 2.88. The molecule has 0 aromatic rings. The lowest BCUT2D eigenvalue weighted by Gasteiger charge is -2.29. The largest absolute Gasteiger partial charge is 0.354 e. The second kappa shape index (κ2) is 5.53. The molecule has 1 unspecified atom stereocenters. The van der Waals surface area contributed by atoms with Crippen LogP contribution in [0.3, 0.4) is 0 Å². The van der Waals surface area contributed by atoms with E-state index in [2.05, 4.69) is 34.4 Å². The Hall–Kier alpha value is -0.770. The van der Waals surface area contributed by atoms with E-state index in [1.165, 1.54) is 19.4 Å². The number of aliphatic imine (C=N–C) groups is 1. The maximum absolute atomic E-state index is 4.53. The van der Waals surface area contributed by atoms with Crippen molar-refractivity contribution in [3.05, 3.63) is 0 Å². The van der Waals surface area contributed by atoms with Crippen LogP contribution in [-0.2, 0) is 0 Å². The first-order valence-corrected chi connectivity index (χ1v) is 6.52. The first kappa shape index (κ1) is 11.7. The topological polar surface area (TPSA) is 39.7 Å². The van der Waals surface area contributed by atoms with Gasteiger partial charge in [0.25, 0.3) is 0 Å². The van der Waals surface area contributed by atoms with E-state index in [1.807, 2.05) is 0 Å². The van der Waals surface area contributed by atoms with Crippen molar-refractivity contribution in [2.24, 2.45) is 10.9 Å². The fraction of sp³-hybridized carbons (Fsp3) is 0.917. The number of nitrogens with one attached hydrogen (secondary N) is 2. The van der Waals surface area contributed by atoms with Gasteiger partial charge in [-0.1, -0.05) is 13.8 Å². The summed E-state index contributed by atoms with van der Waals surface area (Å²) in [6.45, 7) is 9.85. The van der Waals surface area contributed by atoms with E-state index in [9.17, 15) is 0 Å². The molecule has 0 radical (unpaired) electrons. The Kier molecular flexibility index (Phi) is 4.04. The molecule has 0 spiro atoms. The van der Waals surface area contributed by atoms with Crippen LogP contribution in [0.5, 0.6) is 0 Å². The fourth-order valence-electron chi connectivity index (χ4n) is 2.46. The highest BCUT2D eigenvalue weighted by Crippen LogP contribution is 2.09. The third-order valence-electron chi connectivity index (χ3n) is 3.14. The number of hydrogen-bond donors (Lipinski definition) is 2. The van der Waals surface area contributed by atoms with Crippen LogP contribution in [-0.4, -0.2) is 49.6 Å². The Morgan fingerprint density at radius 2 is 2.31 bits per heavy atom. The predicted molar refractivity (Wildman–Crippen MR) is 67.7 cm³/mol. The second-order valence-corrected chi connectivity index (χ2v) is 5.22. The average molecular weight is 224 g/mol. The van der Waals surface area contributed by atoms with E-state index in [0.29, 0.717) is 12.0 Å². The minimum absolute atomic E-state index is 0.656. The quantitative estimate of drug-likeness (QED) is 0.737. The molecule has 0 saturated carbocycles. The van der Waals surface area contributed by atoms with Crippen LogP contribution >= 0.6 is 0 Å². The molecule has 4 heteroatoms. The van der Waals surface area contributed by atoms with Crippen LogP contribution in [0, 0.1) is 5.92 Å². The molecule has 0 aromatic carbocycles. The van der Waals surface area contributed by atoms with Crippen LogP contribution in [0.15, 0.2) is 4.99 Å². The summed E-state index contributed by atoms with van der Waals surface area (Å²) < 4.78 is 0. The number of rotatable bonds is 4. The predicted octanol–water partition coefficient (Wildman–Crippen LogP) is 0.656. The van der Waals surface area contributed by atoms with Crippen molar-refractivity contribution in [1.29, 1.82) is 0 Å². The Morgan fingerprint density at radius 3 is 2.88 bits per heavy atom. The maximum Gasteiger partial charge on any atom is 0.194 e. The van der Waals surface area contributed by atoms with Gasteiger partial charge in [-0.3, -0.25) is 4.99 Å². The van der Waals surface area contributed by atoms with Crippen LogP contribution in [0.4, 0.5) is 0 Å². The molecule has 16 heavy (non-hydrogen) atoms. The molecule has 2 aliphatic rings. The van der Waals surface area contributed by atoms with E-state index in [1.54, 1.807) is 0 Å². The Labute approximate surface area is 98.5 Å². The van der Waals surface area contributed by atoms with Gasteiger partial charge in [-0.2, -0.15) is 0 Å². The van der Waals surface area contributed by atoms with Crippen LogP contribution in [0.25, 0.3) is 0 Å². The fourth-order valence-corrected chi connectivity index (χ4v) is 2.46. The lowest BCUT2D eigenvalue weighted by Crippen LogP contribution is -2.46. The first-order valence-electron chi connectivity index (χ1n) is 6.52. The van der Waals surface area contributed by atoms with Crippen molar-refractivity contribution in [3.8, 4) is 0 Å². The summed E-state index contributed by atoms with van der Waals surface area (Å²) >= 11 is 0. The summed E-state index contributed by atoms with van der Waals surface area (Å²) in [6.07, 6.45) is 2.63. The smallest absolute Gasteiger partial charge is 0.194 e. The van der Waals surface area contributed by atoms with E-state index in [-0.39, 0.29) is 0 Å². The van der Waals surface area contributed by atoms with Crippen molar-refractivity contribution in [3.63, 3.8) is 0 Å². The Bertz CT molecular complexity index is 243. The summed E-state index contributed by atoms with van der Waals surface area (Å²) in [6, 6.07) is 0.656. The molecule has 1 atom stereocenters. The molecular weight excluding hydrogens is 200 g/mol. The minimum atomic E-state index is 0.656. The number of nitrogens with zero attached hydrogens (tertiary/aromatic N) is 2. The third kappa shape index (κ3) is 3.11. The van der Waals surface area contributed by atoms with Gasteiger partial charge in [-0.05, 0) is 25.3 Å². The summed E-state index contributed by atoms with van der Waals surface area (Å²) in [5, 5.41) is 6.94. The molecule has 1 fully saturated rings. The summed E-state index contributed by atoms with van der Waals surface area (Å²) in [4.78, 5) is 6.95. The molecule has 2 aliphatic heterocycles. The molecule has 4 nitrogen and oxygen atoms in total. The standard InChI is InChI=1S/C12H24N4/c1-10(2)8-16(12-14-6-7-15-12)9-11-4-3-5-13-11/h10-11,13H,3-9H2,1-2H3,(H,14,15). The lowest BCUT2D eigenvalue weighted by molar-refractivity contribution is 0.325. The number of hydrogen-bond acceptors (Lipinski definition) is 4. The molecule has 1 saturated heterocycles. The van der Waals surface area contributed by atoms with Crippen molar-refractivity contribution in [1.82, 2.24) is 15.5 Å². The van der Waals surface area contributed by atoms with Gasteiger partial charge in [0.1, 0.15) is 0 Å². The van der Waals surface area contributed by atoms with E-state index in [0.717, 1.165) is 32.1 Å². The molecule has 0 aliphatic carbocycles. The molecule has 2 N–H and O–H groups in total. The van der Waals surface area contributed by atoms with Crippen molar-refractivity contribution >= 4 is 5.96 Å². The molecule has 2 heterocycles. The van der Waals surface area contributed by atoms with Gasteiger partial charge >= 0.3 is 0 Å². The Morgan fingerprint density at radius 1 is 1.44 bits per heavy atom. The van der Waals surface area contributed by atoms with Gasteiger partial charge in [0.2, 0.25) is 0 Å². The maximum atomic E-state index is 4.53. The molecule has 92 valence electrons. The summed E-state index contributed by atoms with van der Waals surface area (Å²) in [5.74, 6) is 1.80. The summed E-state index contributed by atoms with van der Waals surface area (Å²) in [5.41, 5.74) is 0. The van der Waals surface area contributed by atoms with Crippen molar-refractivity contribution in [2.45, 2.75) is 32.7 Å². The molecule has 0 bridgehead atoms. The molecule has 0 aromatic heterocycles. The normalized spacial score (nSPS) is 24.7. The third-order valence-corrected chi connectivity index (χ3v) is 3.14. The van der Waals surface area contributed by atoms with Crippen molar-refractivity contribution in [2.75, 3.05) is 32.7 Å². The zero-order valence-electron chi connectivity index (χ0n) is 10.5. The van der Waals surface area contributed by atoms with Gasteiger partial charge in [0.15, 0.2) is 5.96 Å². The van der Waals surface area contributed by atoms with Gasteiger partial charge in [0, 0.05) is 25.7 Å². The highest BCUT2D eigenvalue weighted by atomic mass is 15.3. The van der Waals surface area contributed by atoms with E-state index >= 15 is 0 Å². The van der Waals surface area contributed by atoms with Crippen LogP contribution in [0.2, 0.25) is 0 Å². The van der Waals surface area contributed by atoms with E-state index in [4.69, 9.17) is 0 Å². The van der Waals surface area contributed by atoms with Crippen molar-refractivity contribution < 1.29 is 0 Å². The van der Waals surface area contributed by atoms with Gasteiger partial charge < -0.3 is 15.5 Å².